The van der Waals surface area contributed by atoms with E-state index in [4.69, 9.17) is 0 Å². The molecule has 0 bridgehead atoms. The molecule has 0 saturated heterocycles. The molecule has 4 aliphatic rings. The Hall–Kier alpha value is -6.81. The van der Waals surface area contributed by atoms with E-state index in [-0.39, 0.29) is 5.41 Å². The van der Waals surface area contributed by atoms with E-state index in [1.807, 2.05) is 11.8 Å². The summed E-state index contributed by atoms with van der Waals surface area (Å²) in [5.41, 5.74) is 20.2. The highest BCUT2D eigenvalue weighted by Gasteiger charge is 2.53. The molecule has 2 nitrogen and oxygen atoms in total. The molecule has 0 fully saturated rings. The monoisotopic (exact) mass is 758 g/mol. The standard InChI is InChI=1S/C55H38N2S/c1-2-15-39(16-3-1)56(40-33-29-37(30-34-40)38-31-35-41(36-32-38)57-49-24-10-12-27-52(49)58-53-28-13-11-25-50(53)57)51-26-14-23-48-54(51)44-19-6-9-22-47(44)55(48)45-20-7-4-17-42(45)43-18-5-8-21-46(43)55/h1-4,6-17,19-36H,5,18H2. The summed E-state index contributed by atoms with van der Waals surface area (Å²) in [5, 5.41) is 0. The first-order valence-electron chi connectivity index (χ1n) is 20.2. The fourth-order valence-electron chi connectivity index (χ4n) is 10.2. The molecule has 12 rings (SSSR count). The van der Waals surface area contributed by atoms with Crippen molar-refractivity contribution in [1.82, 2.24) is 0 Å². The maximum Gasteiger partial charge on any atom is 0.0722 e. The summed E-state index contributed by atoms with van der Waals surface area (Å²) >= 11 is 1.84. The summed E-state index contributed by atoms with van der Waals surface area (Å²) in [6, 6.07) is 71.7. The Balaban J connectivity index is 0.965. The van der Waals surface area contributed by atoms with Gasteiger partial charge in [0.05, 0.1) is 22.5 Å². The molecule has 8 aromatic rings. The molecule has 0 radical (unpaired) electrons. The second kappa shape index (κ2) is 13.1. The maximum atomic E-state index is 2.46. The second-order valence-electron chi connectivity index (χ2n) is 15.5. The van der Waals surface area contributed by atoms with Gasteiger partial charge < -0.3 is 9.80 Å². The van der Waals surface area contributed by atoms with Crippen LogP contribution in [0.3, 0.4) is 0 Å². The van der Waals surface area contributed by atoms with Crippen LogP contribution in [0.2, 0.25) is 0 Å². The molecular formula is C55H38N2S. The zero-order valence-electron chi connectivity index (χ0n) is 31.8. The molecule has 58 heavy (non-hydrogen) atoms. The van der Waals surface area contributed by atoms with E-state index in [0.29, 0.717) is 0 Å². The molecule has 1 unspecified atom stereocenters. The average molecular weight is 759 g/mol. The Kier molecular flexibility index (Phi) is 7.55. The van der Waals surface area contributed by atoms with E-state index >= 15 is 0 Å². The molecule has 1 aliphatic heterocycles. The number of fused-ring (bicyclic) bond motifs is 11. The van der Waals surface area contributed by atoms with Gasteiger partial charge in [-0.3, -0.25) is 0 Å². The topological polar surface area (TPSA) is 6.48 Å². The van der Waals surface area contributed by atoms with E-state index in [1.54, 1.807) is 0 Å². The van der Waals surface area contributed by atoms with Gasteiger partial charge >= 0.3 is 0 Å². The molecule has 1 heterocycles. The average Bonchev–Trinajstić information content (AvgIpc) is 3.77. The van der Waals surface area contributed by atoms with Crippen LogP contribution >= 0.6 is 11.8 Å². The SMILES string of the molecule is C1=CC2=C(CC1)c1ccccc1C21c2ccccc2-c2c(N(c3ccccc3)c3ccc(-c4ccc(N5c6ccccc6Sc6ccccc65)cc4)cc3)cccc21. The van der Waals surface area contributed by atoms with E-state index < -0.39 is 0 Å². The molecule has 0 amide bonds. The Morgan fingerprint density at radius 3 is 1.78 bits per heavy atom. The lowest BCUT2D eigenvalue weighted by Crippen LogP contribution is -2.27. The quantitative estimate of drug-likeness (QED) is 0.173. The molecule has 274 valence electrons. The lowest BCUT2D eigenvalue weighted by Gasteiger charge is -2.33. The smallest absolute Gasteiger partial charge is 0.0722 e. The summed E-state index contributed by atoms with van der Waals surface area (Å²) in [7, 11) is 0. The van der Waals surface area contributed by atoms with Crippen molar-refractivity contribution in [2.24, 2.45) is 0 Å². The van der Waals surface area contributed by atoms with Crippen molar-refractivity contribution in [1.29, 1.82) is 0 Å². The second-order valence-corrected chi connectivity index (χ2v) is 16.6. The van der Waals surface area contributed by atoms with Crippen LogP contribution in [0, 0.1) is 0 Å². The largest absolute Gasteiger partial charge is 0.310 e. The van der Waals surface area contributed by atoms with Crippen LogP contribution < -0.4 is 9.80 Å². The van der Waals surface area contributed by atoms with E-state index in [2.05, 4.69) is 216 Å². The summed E-state index contributed by atoms with van der Waals surface area (Å²) in [4.78, 5) is 7.38. The van der Waals surface area contributed by atoms with Crippen molar-refractivity contribution in [3.05, 3.63) is 234 Å². The highest BCUT2D eigenvalue weighted by atomic mass is 32.2. The van der Waals surface area contributed by atoms with Gasteiger partial charge in [-0.05, 0) is 130 Å². The van der Waals surface area contributed by atoms with Crippen LogP contribution in [0.5, 0.6) is 0 Å². The van der Waals surface area contributed by atoms with Crippen LogP contribution in [-0.2, 0) is 5.41 Å². The normalized spacial score (nSPS) is 16.7. The van der Waals surface area contributed by atoms with Gasteiger partial charge in [-0.2, -0.15) is 0 Å². The number of allylic oxidation sites excluding steroid dienone is 4. The van der Waals surface area contributed by atoms with Crippen LogP contribution in [0.1, 0.15) is 35.1 Å². The molecule has 0 aromatic heterocycles. The highest BCUT2D eigenvalue weighted by molar-refractivity contribution is 7.99. The van der Waals surface area contributed by atoms with Gasteiger partial charge in [-0.25, -0.2) is 0 Å². The number of hydrogen-bond acceptors (Lipinski definition) is 3. The Morgan fingerprint density at radius 1 is 0.483 bits per heavy atom. The fraction of sp³-hybridized carbons (Fsp3) is 0.0545. The first-order valence-corrected chi connectivity index (χ1v) is 21.1. The lowest BCUT2D eigenvalue weighted by atomic mass is 9.69. The lowest BCUT2D eigenvalue weighted by molar-refractivity contribution is 0.780. The van der Waals surface area contributed by atoms with Crippen molar-refractivity contribution in [3.8, 4) is 22.3 Å². The zero-order chi connectivity index (χ0) is 38.2. The zero-order valence-corrected chi connectivity index (χ0v) is 32.7. The Bertz CT molecular complexity index is 2930. The van der Waals surface area contributed by atoms with E-state index in [1.165, 1.54) is 82.5 Å². The number of benzene rings is 8. The third-order valence-corrected chi connectivity index (χ3v) is 13.7. The molecule has 1 spiro atoms. The fourth-order valence-corrected chi connectivity index (χ4v) is 11.2. The summed E-state index contributed by atoms with van der Waals surface area (Å²) in [6.07, 6.45) is 6.97. The van der Waals surface area contributed by atoms with Gasteiger partial charge in [0.1, 0.15) is 0 Å². The Labute approximate surface area is 344 Å². The van der Waals surface area contributed by atoms with Crippen LogP contribution in [-0.4, -0.2) is 0 Å². The third kappa shape index (κ3) is 4.80. The van der Waals surface area contributed by atoms with Gasteiger partial charge in [0.15, 0.2) is 0 Å². The number of para-hydroxylation sites is 3. The number of nitrogens with zero attached hydrogens (tertiary/aromatic N) is 2. The van der Waals surface area contributed by atoms with E-state index in [9.17, 15) is 0 Å². The predicted molar refractivity (Wildman–Crippen MR) is 242 cm³/mol. The number of hydrogen-bond donors (Lipinski definition) is 0. The van der Waals surface area contributed by atoms with E-state index in [0.717, 1.165) is 29.9 Å². The van der Waals surface area contributed by atoms with Gasteiger partial charge in [0, 0.05) is 32.4 Å². The number of anilines is 6. The van der Waals surface area contributed by atoms with Crippen molar-refractivity contribution >= 4 is 51.5 Å². The molecular weight excluding hydrogens is 721 g/mol. The summed E-state index contributed by atoms with van der Waals surface area (Å²) in [6.45, 7) is 0. The maximum absolute atomic E-state index is 2.46. The van der Waals surface area contributed by atoms with Gasteiger partial charge in [-0.15, -0.1) is 0 Å². The molecule has 3 heteroatoms. The van der Waals surface area contributed by atoms with Crippen molar-refractivity contribution in [3.63, 3.8) is 0 Å². The van der Waals surface area contributed by atoms with Crippen molar-refractivity contribution < 1.29 is 0 Å². The minimum absolute atomic E-state index is 0.347. The third-order valence-electron chi connectivity index (χ3n) is 12.5. The summed E-state index contributed by atoms with van der Waals surface area (Å²) < 4.78 is 0. The minimum atomic E-state index is -0.347. The number of rotatable bonds is 5. The molecule has 0 saturated carbocycles. The molecule has 8 aromatic carbocycles. The first kappa shape index (κ1) is 33.3. The van der Waals surface area contributed by atoms with Gasteiger partial charge in [-0.1, -0.05) is 151 Å². The van der Waals surface area contributed by atoms with Gasteiger partial charge in [0.2, 0.25) is 0 Å². The summed E-state index contributed by atoms with van der Waals surface area (Å²) in [5.74, 6) is 0. The first-order chi connectivity index (χ1) is 28.8. The molecule has 1 atom stereocenters. The van der Waals surface area contributed by atoms with Crippen molar-refractivity contribution in [2.45, 2.75) is 28.0 Å². The highest BCUT2D eigenvalue weighted by Crippen LogP contribution is 2.65. The minimum Gasteiger partial charge on any atom is -0.310 e. The van der Waals surface area contributed by atoms with Gasteiger partial charge in [0.25, 0.3) is 0 Å². The molecule has 0 N–H and O–H groups in total. The van der Waals surface area contributed by atoms with Crippen LogP contribution in [0.25, 0.3) is 27.8 Å². The predicted octanol–water partition coefficient (Wildman–Crippen LogP) is 15.2. The van der Waals surface area contributed by atoms with Crippen LogP contribution in [0.15, 0.2) is 222 Å². The Morgan fingerprint density at radius 2 is 1.05 bits per heavy atom. The molecule has 3 aliphatic carbocycles. The van der Waals surface area contributed by atoms with Crippen LogP contribution in [0.4, 0.5) is 34.1 Å². The van der Waals surface area contributed by atoms with Crippen molar-refractivity contribution in [2.75, 3.05) is 9.80 Å².